The zero-order valence-corrected chi connectivity index (χ0v) is 17.8. The van der Waals surface area contributed by atoms with Gasteiger partial charge in [0.25, 0.3) is 5.91 Å². The molecule has 1 saturated heterocycles. The largest absolute Gasteiger partial charge is 0.348 e. The van der Waals surface area contributed by atoms with Crippen molar-refractivity contribution < 1.29 is 9.18 Å². The monoisotopic (exact) mass is 424 g/mol. The molecule has 1 amide bonds. The highest BCUT2D eigenvalue weighted by Gasteiger charge is 2.24. The topological polar surface area (TPSA) is 32.3 Å². The first-order valence-corrected chi connectivity index (χ1v) is 11.0. The Bertz CT molecular complexity index is 1230. The van der Waals surface area contributed by atoms with Gasteiger partial charge in [0.05, 0.1) is 0 Å². The Hall–Kier alpha value is -3.50. The first-order chi connectivity index (χ1) is 15.6. The number of amides is 1. The number of halogens is 1. The van der Waals surface area contributed by atoms with Crippen LogP contribution in [0, 0.1) is 5.82 Å². The summed E-state index contributed by atoms with van der Waals surface area (Å²) in [7, 11) is 0. The van der Waals surface area contributed by atoms with E-state index in [9.17, 15) is 9.18 Å². The van der Waals surface area contributed by atoms with E-state index in [2.05, 4.69) is 52.7 Å². The van der Waals surface area contributed by atoms with Crippen molar-refractivity contribution in [1.29, 1.82) is 0 Å². The van der Waals surface area contributed by atoms with Gasteiger partial charge in [0.2, 0.25) is 0 Å². The lowest BCUT2D eigenvalue weighted by molar-refractivity contribution is 0.0937. The van der Waals surface area contributed by atoms with E-state index in [-0.39, 0.29) is 17.8 Å². The second-order valence-electron chi connectivity index (χ2n) is 8.46. The van der Waals surface area contributed by atoms with Crippen LogP contribution in [0.25, 0.3) is 21.9 Å². The Kier molecular flexibility index (Phi) is 5.70. The lowest BCUT2D eigenvalue weighted by Crippen LogP contribution is -2.36. The van der Waals surface area contributed by atoms with Gasteiger partial charge in [-0.2, -0.15) is 0 Å². The maximum Gasteiger partial charge on any atom is 0.251 e. The van der Waals surface area contributed by atoms with Crippen molar-refractivity contribution in [2.45, 2.75) is 19.0 Å². The second kappa shape index (κ2) is 8.93. The molecule has 0 aliphatic carbocycles. The first kappa shape index (κ1) is 20.4. The quantitative estimate of drug-likeness (QED) is 0.449. The van der Waals surface area contributed by atoms with Crippen LogP contribution in [-0.4, -0.2) is 29.9 Å². The van der Waals surface area contributed by atoms with Crippen LogP contribution in [0.2, 0.25) is 0 Å². The number of carbonyl (C=O) groups excluding carboxylic acids is 1. The van der Waals surface area contributed by atoms with E-state index in [1.807, 2.05) is 24.3 Å². The Morgan fingerprint density at radius 1 is 0.875 bits per heavy atom. The molecule has 0 unspecified atom stereocenters. The molecule has 160 valence electrons. The molecular formula is C28H25FN2O. The highest BCUT2D eigenvalue weighted by atomic mass is 19.1. The summed E-state index contributed by atoms with van der Waals surface area (Å²) in [6.07, 6.45) is 0.951. The second-order valence-corrected chi connectivity index (χ2v) is 8.46. The Balaban J connectivity index is 1.17. The van der Waals surface area contributed by atoms with E-state index in [1.165, 1.54) is 28.5 Å². The normalized spacial score (nSPS) is 16.3. The maximum atomic E-state index is 13.1. The first-order valence-electron chi connectivity index (χ1n) is 11.0. The molecule has 1 heterocycles. The van der Waals surface area contributed by atoms with Gasteiger partial charge in [0, 0.05) is 31.2 Å². The third kappa shape index (κ3) is 4.56. The molecule has 1 fully saturated rings. The highest BCUT2D eigenvalue weighted by Crippen LogP contribution is 2.21. The van der Waals surface area contributed by atoms with E-state index in [0.717, 1.165) is 37.2 Å². The van der Waals surface area contributed by atoms with Crippen molar-refractivity contribution in [3.8, 4) is 11.1 Å². The van der Waals surface area contributed by atoms with Crippen LogP contribution < -0.4 is 5.32 Å². The van der Waals surface area contributed by atoms with Crippen molar-refractivity contribution >= 4 is 16.7 Å². The molecule has 1 N–H and O–H groups in total. The Labute approximate surface area is 187 Å². The molecule has 4 aromatic carbocycles. The molecule has 0 spiro atoms. The van der Waals surface area contributed by atoms with Crippen LogP contribution >= 0.6 is 0 Å². The lowest BCUT2D eigenvalue weighted by Gasteiger charge is -2.17. The van der Waals surface area contributed by atoms with E-state index in [4.69, 9.17) is 0 Å². The smallest absolute Gasteiger partial charge is 0.251 e. The summed E-state index contributed by atoms with van der Waals surface area (Å²) in [4.78, 5) is 15.1. The number of benzene rings is 4. The summed E-state index contributed by atoms with van der Waals surface area (Å²) in [5.74, 6) is -0.302. The van der Waals surface area contributed by atoms with E-state index >= 15 is 0 Å². The minimum atomic E-state index is -0.254. The minimum absolute atomic E-state index is 0.0480. The molecule has 0 radical (unpaired) electrons. The Morgan fingerprint density at radius 3 is 2.31 bits per heavy atom. The summed E-state index contributed by atoms with van der Waals surface area (Å²) < 4.78 is 13.1. The van der Waals surface area contributed by atoms with Gasteiger partial charge in [-0.3, -0.25) is 9.69 Å². The number of likely N-dealkylation sites (tertiary alicyclic amines) is 1. The summed E-state index contributed by atoms with van der Waals surface area (Å²) in [6, 6.07) is 29.0. The summed E-state index contributed by atoms with van der Waals surface area (Å²) in [6.45, 7) is 2.72. The number of hydrogen-bond donors (Lipinski definition) is 1. The number of rotatable bonds is 5. The van der Waals surface area contributed by atoms with Crippen molar-refractivity contribution in [2.24, 2.45) is 0 Å². The van der Waals surface area contributed by atoms with Crippen LogP contribution in [0.3, 0.4) is 0 Å². The van der Waals surface area contributed by atoms with Gasteiger partial charge in [-0.15, -0.1) is 0 Å². The van der Waals surface area contributed by atoms with E-state index in [1.54, 1.807) is 12.1 Å². The number of carbonyl (C=O) groups is 1. The molecule has 32 heavy (non-hydrogen) atoms. The predicted octanol–water partition coefficient (Wildman–Crippen LogP) is 5.65. The third-order valence-electron chi connectivity index (χ3n) is 6.15. The van der Waals surface area contributed by atoms with Crippen molar-refractivity contribution in [1.82, 2.24) is 10.2 Å². The van der Waals surface area contributed by atoms with Crippen molar-refractivity contribution in [3.63, 3.8) is 0 Å². The lowest BCUT2D eigenvalue weighted by atomic mass is 10.0. The highest BCUT2D eigenvalue weighted by molar-refractivity contribution is 5.95. The average Bonchev–Trinajstić information content (AvgIpc) is 3.26. The molecular weight excluding hydrogens is 399 g/mol. The van der Waals surface area contributed by atoms with Gasteiger partial charge in [-0.05, 0) is 64.2 Å². The fraction of sp³-hybridized carbons (Fsp3) is 0.179. The number of nitrogens with one attached hydrogen (secondary N) is 1. The van der Waals surface area contributed by atoms with Crippen LogP contribution in [0.15, 0.2) is 91.0 Å². The molecule has 4 aromatic rings. The SMILES string of the molecule is O=C(N[C@@H]1CCN(Cc2ccc3ccccc3c2)C1)c1ccc(-c2ccc(F)cc2)cc1. The average molecular weight is 425 g/mol. The number of nitrogens with zero attached hydrogens (tertiary/aromatic N) is 1. The van der Waals surface area contributed by atoms with Crippen LogP contribution in [0.1, 0.15) is 22.3 Å². The molecule has 1 aliphatic heterocycles. The molecule has 0 saturated carbocycles. The molecule has 4 heteroatoms. The van der Waals surface area contributed by atoms with Crippen LogP contribution in [0.4, 0.5) is 4.39 Å². The number of fused-ring (bicyclic) bond motifs is 1. The zero-order valence-electron chi connectivity index (χ0n) is 17.8. The molecule has 5 rings (SSSR count). The van der Waals surface area contributed by atoms with Gasteiger partial charge in [0.15, 0.2) is 0 Å². The molecule has 1 aliphatic rings. The standard InChI is InChI=1S/C28H25FN2O/c29-26-13-11-23(12-14-26)22-7-9-24(10-8-22)28(32)30-27-15-16-31(19-27)18-20-5-6-21-3-1-2-4-25(21)17-20/h1-14,17,27H,15-16,18-19H2,(H,30,32)/t27-/m1/s1. The fourth-order valence-corrected chi connectivity index (χ4v) is 4.41. The van der Waals surface area contributed by atoms with Crippen LogP contribution in [0.5, 0.6) is 0 Å². The van der Waals surface area contributed by atoms with Gasteiger partial charge in [-0.25, -0.2) is 4.39 Å². The Morgan fingerprint density at radius 2 is 1.56 bits per heavy atom. The fourth-order valence-electron chi connectivity index (χ4n) is 4.41. The maximum absolute atomic E-state index is 13.1. The van der Waals surface area contributed by atoms with Crippen molar-refractivity contribution in [2.75, 3.05) is 13.1 Å². The molecule has 1 atom stereocenters. The third-order valence-corrected chi connectivity index (χ3v) is 6.15. The van der Waals surface area contributed by atoms with E-state index in [0.29, 0.717) is 5.56 Å². The number of hydrogen-bond acceptors (Lipinski definition) is 2. The molecule has 0 bridgehead atoms. The summed E-state index contributed by atoms with van der Waals surface area (Å²) >= 11 is 0. The van der Waals surface area contributed by atoms with Gasteiger partial charge in [0.1, 0.15) is 5.82 Å². The molecule has 3 nitrogen and oxygen atoms in total. The van der Waals surface area contributed by atoms with Crippen molar-refractivity contribution in [3.05, 3.63) is 108 Å². The predicted molar refractivity (Wildman–Crippen MR) is 127 cm³/mol. The minimum Gasteiger partial charge on any atom is -0.348 e. The summed E-state index contributed by atoms with van der Waals surface area (Å²) in [5.41, 5.74) is 3.83. The zero-order chi connectivity index (χ0) is 21.9. The van der Waals surface area contributed by atoms with Gasteiger partial charge >= 0.3 is 0 Å². The van der Waals surface area contributed by atoms with E-state index < -0.39 is 0 Å². The molecule has 0 aromatic heterocycles. The summed E-state index contributed by atoms with van der Waals surface area (Å²) in [5, 5.41) is 5.70. The van der Waals surface area contributed by atoms with Crippen LogP contribution in [-0.2, 0) is 6.54 Å². The van der Waals surface area contributed by atoms with Gasteiger partial charge in [-0.1, -0.05) is 60.7 Å². The van der Waals surface area contributed by atoms with Gasteiger partial charge < -0.3 is 5.32 Å².